The van der Waals surface area contributed by atoms with Crippen LogP contribution in [0.5, 0.6) is 0 Å². The molecule has 110 valence electrons. The molecule has 2 rings (SSSR count). The van der Waals surface area contributed by atoms with Crippen molar-refractivity contribution in [2.75, 3.05) is 44.2 Å². The number of hydrogen-bond donors (Lipinski definition) is 1. The highest BCUT2D eigenvalue weighted by Crippen LogP contribution is 2.18. The van der Waals surface area contributed by atoms with Gasteiger partial charge in [-0.3, -0.25) is 0 Å². The zero-order chi connectivity index (χ0) is 13.7. The van der Waals surface area contributed by atoms with Gasteiger partial charge in [-0.15, -0.1) is 0 Å². The third kappa shape index (κ3) is 4.56. The van der Waals surface area contributed by atoms with E-state index in [1.807, 2.05) is 16.7 Å². The third-order valence-electron chi connectivity index (χ3n) is 4.12. The number of urea groups is 1. The number of rotatable bonds is 3. The van der Waals surface area contributed by atoms with Crippen molar-refractivity contribution in [3.8, 4) is 0 Å². The van der Waals surface area contributed by atoms with Crippen molar-refractivity contribution in [3.05, 3.63) is 0 Å². The van der Waals surface area contributed by atoms with Crippen LogP contribution in [0.15, 0.2) is 0 Å². The first-order chi connectivity index (χ1) is 9.16. The van der Waals surface area contributed by atoms with Gasteiger partial charge in [0.2, 0.25) is 0 Å². The van der Waals surface area contributed by atoms with Crippen LogP contribution in [-0.2, 0) is 0 Å². The molecular weight excluding hydrogens is 258 g/mol. The Bertz CT molecular complexity index is 292. The van der Waals surface area contributed by atoms with Crippen molar-refractivity contribution in [1.29, 1.82) is 0 Å². The van der Waals surface area contributed by atoms with Gasteiger partial charge < -0.3 is 15.1 Å². The minimum atomic E-state index is 0.141. The molecule has 0 bridgehead atoms. The van der Waals surface area contributed by atoms with Crippen LogP contribution in [0.4, 0.5) is 4.79 Å². The van der Waals surface area contributed by atoms with E-state index in [-0.39, 0.29) is 6.03 Å². The van der Waals surface area contributed by atoms with Crippen LogP contribution >= 0.6 is 11.8 Å². The predicted molar refractivity (Wildman–Crippen MR) is 81.7 cm³/mol. The van der Waals surface area contributed by atoms with E-state index in [2.05, 4.69) is 24.1 Å². The van der Waals surface area contributed by atoms with Crippen LogP contribution < -0.4 is 5.32 Å². The van der Waals surface area contributed by atoms with Crippen LogP contribution in [0.3, 0.4) is 0 Å². The maximum atomic E-state index is 12.0. The molecule has 5 heteroatoms. The van der Waals surface area contributed by atoms with Crippen molar-refractivity contribution in [1.82, 2.24) is 15.1 Å². The number of hydrogen-bond acceptors (Lipinski definition) is 3. The molecular formula is C14H27N3OS. The predicted octanol–water partition coefficient (Wildman–Crippen LogP) is 1.87. The maximum Gasteiger partial charge on any atom is 0.317 e. The van der Waals surface area contributed by atoms with Crippen LogP contribution in [0.2, 0.25) is 0 Å². The minimum absolute atomic E-state index is 0.141. The fraction of sp³-hybridized carbons (Fsp3) is 0.929. The Morgan fingerprint density at radius 3 is 2.74 bits per heavy atom. The molecule has 0 aromatic heterocycles. The molecule has 2 heterocycles. The smallest absolute Gasteiger partial charge is 0.317 e. The first-order valence-corrected chi connectivity index (χ1v) is 8.67. The van der Waals surface area contributed by atoms with Gasteiger partial charge in [0.25, 0.3) is 0 Å². The highest BCUT2D eigenvalue weighted by atomic mass is 32.2. The standard InChI is InChI=1S/C14H27N3OS/c1-12(2)17-5-3-4-13(11-17)10-15-14(18)16-6-8-19-9-7-16/h12-13H,3-11H2,1-2H3,(H,15,18). The van der Waals surface area contributed by atoms with Gasteiger partial charge in [0, 0.05) is 43.7 Å². The summed E-state index contributed by atoms with van der Waals surface area (Å²) in [6.45, 7) is 9.50. The summed E-state index contributed by atoms with van der Waals surface area (Å²) in [5.41, 5.74) is 0. The zero-order valence-electron chi connectivity index (χ0n) is 12.2. The molecule has 2 aliphatic rings. The lowest BCUT2D eigenvalue weighted by Crippen LogP contribution is -2.48. The Morgan fingerprint density at radius 2 is 2.05 bits per heavy atom. The summed E-state index contributed by atoms with van der Waals surface area (Å²) in [5, 5.41) is 3.13. The van der Waals surface area contributed by atoms with Crippen molar-refractivity contribution in [3.63, 3.8) is 0 Å². The van der Waals surface area contributed by atoms with Gasteiger partial charge in [-0.2, -0.15) is 11.8 Å². The number of likely N-dealkylation sites (tertiary alicyclic amines) is 1. The molecule has 0 aromatic rings. The summed E-state index contributed by atoms with van der Waals surface area (Å²) in [4.78, 5) is 16.5. The molecule has 2 saturated heterocycles. The average molecular weight is 285 g/mol. The zero-order valence-corrected chi connectivity index (χ0v) is 13.0. The quantitative estimate of drug-likeness (QED) is 0.860. The summed E-state index contributed by atoms with van der Waals surface area (Å²) >= 11 is 1.94. The van der Waals surface area contributed by atoms with Crippen molar-refractivity contribution >= 4 is 17.8 Å². The average Bonchev–Trinajstić information content (AvgIpc) is 2.46. The van der Waals surface area contributed by atoms with Crippen LogP contribution in [0.1, 0.15) is 26.7 Å². The van der Waals surface area contributed by atoms with E-state index in [9.17, 15) is 4.79 Å². The van der Waals surface area contributed by atoms with Gasteiger partial charge in [-0.25, -0.2) is 4.79 Å². The van der Waals surface area contributed by atoms with Gasteiger partial charge in [0.15, 0.2) is 0 Å². The SMILES string of the molecule is CC(C)N1CCCC(CNC(=O)N2CCSCC2)C1. The number of piperidine rings is 1. The highest BCUT2D eigenvalue weighted by Gasteiger charge is 2.23. The molecule has 19 heavy (non-hydrogen) atoms. The van der Waals surface area contributed by atoms with E-state index in [1.54, 1.807) is 0 Å². The van der Waals surface area contributed by atoms with Crippen LogP contribution in [-0.4, -0.2) is 66.1 Å². The van der Waals surface area contributed by atoms with E-state index in [1.165, 1.54) is 19.4 Å². The Balaban J connectivity index is 1.70. The summed E-state index contributed by atoms with van der Waals surface area (Å²) in [5.74, 6) is 2.79. The fourth-order valence-electron chi connectivity index (χ4n) is 2.84. The number of carbonyl (C=O) groups excluding carboxylic acids is 1. The van der Waals surface area contributed by atoms with Gasteiger partial charge in [-0.05, 0) is 39.2 Å². The molecule has 0 radical (unpaired) electrons. The summed E-state index contributed by atoms with van der Waals surface area (Å²) in [7, 11) is 0. The lowest BCUT2D eigenvalue weighted by Gasteiger charge is -2.36. The van der Waals surface area contributed by atoms with Gasteiger partial charge in [-0.1, -0.05) is 0 Å². The third-order valence-corrected chi connectivity index (χ3v) is 5.06. The summed E-state index contributed by atoms with van der Waals surface area (Å²) in [6, 6.07) is 0.764. The minimum Gasteiger partial charge on any atom is -0.338 e. The van der Waals surface area contributed by atoms with Gasteiger partial charge >= 0.3 is 6.03 Å². The second-order valence-electron chi connectivity index (χ2n) is 5.88. The number of nitrogens with zero attached hydrogens (tertiary/aromatic N) is 2. The number of thioether (sulfide) groups is 1. The van der Waals surface area contributed by atoms with E-state index in [4.69, 9.17) is 0 Å². The summed E-state index contributed by atoms with van der Waals surface area (Å²) < 4.78 is 0. The van der Waals surface area contributed by atoms with Gasteiger partial charge in [0.1, 0.15) is 0 Å². The maximum absolute atomic E-state index is 12.0. The lowest BCUT2D eigenvalue weighted by molar-refractivity contribution is 0.137. The van der Waals surface area contributed by atoms with Crippen LogP contribution in [0, 0.1) is 5.92 Å². The first-order valence-electron chi connectivity index (χ1n) is 7.51. The monoisotopic (exact) mass is 285 g/mol. The largest absolute Gasteiger partial charge is 0.338 e. The Labute approximate surface area is 121 Å². The Morgan fingerprint density at radius 1 is 1.32 bits per heavy atom. The molecule has 2 amide bonds. The fourth-order valence-corrected chi connectivity index (χ4v) is 3.75. The molecule has 1 N–H and O–H groups in total. The molecule has 0 aliphatic carbocycles. The Kier molecular flexibility index (Phi) is 5.82. The molecule has 4 nitrogen and oxygen atoms in total. The lowest BCUT2D eigenvalue weighted by atomic mass is 9.97. The summed E-state index contributed by atoms with van der Waals surface area (Å²) in [6.07, 6.45) is 2.51. The van der Waals surface area contributed by atoms with E-state index in [0.717, 1.165) is 37.7 Å². The second kappa shape index (κ2) is 7.39. The molecule has 0 spiro atoms. The number of carbonyl (C=O) groups is 1. The topological polar surface area (TPSA) is 35.6 Å². The molecule has 1 atom stereocenters. The van der Waals surface area contributed by atoms with E-state index < -0.39 is 0 Å². The second-order valence-corrected chi connectivity index (χ2v) is 7.11. The first kappa shape index (κ1) is 15.0. The normalized spacial score (nSPS) is 25.6. The van der Waals surface area contributed by atoms with Crippen molar-refractivity contribution in [2.24, 2.45) is 5.92 Å². The Hall–Kier alpha value is -0.420. The number of amides is 2. The van der Waals surface area contributed by atoms with E-state index >= 15 is 0 Å². The van der Waals surface area contributed by atoms with Gasteiger partial charge in [0.05, 0.1) is 0 Å². The van der Waals surface area contributed by atoms with Crippen molar-refractivity contribution in [2.45, 2.75) is 32.7 Å². The molecule has 2 aliphatic heterocycles. The molecule has 0 aromatic carbocycles. The molecule has 2 fully saturated rings. The molecule has 0 saturated carbocycles. The van der Waals surface area contributed by atoms with Crippen molar-refractivity contribution < 1.29 is 4.79 Å². The van der Waals surface area contributed by atoms with E-state index in [0.29, 0.717) is 12.0 Å². The van der Waals surface area contributed by atoms with Crippen LogP contribution in [0.25, 0.3) is 0 Å². The molecule has 1 unspecified atom stereocenters. The number of nitrogens with one attached hydrogen (secondary N) is 1. The highest BCUT2D eigenvalue weighted by molar-refractivity contribution is 7.99.